The van der Waals surface area contributed by atoms with Crippen LogP contribution in [0, 0.1) is 25.2 Å². The van der Waals surface area contributed by atoms with E-state index >= 15 is 0 Å². The van der Waals surface area contributed by atoms with Crippen LogP contribution in [-0.4, -0.2) is 15.2 Å². The minimum atomic E-state index is -0.274. The van der Waals surface area contributed by atoms with Gasteiger partial charge >= 0.3 is 0 Å². The molecule has 4 nitrogen and oxygen atoms in total. The van der Waals surface area contributed by atoms with Crippen LogP contribution in [-0.2, 0) is 0 Å². The molecule has 3 aromatic rings. The molecule has 0 unspecified atom stereocenters. The first-order chi connectivity index (χ1) is 10.6. The normalized spacial score (nSPS) is 11.6. The minimum Gasteiger partial charge on any atom is -0.290 e. The number of carbonyl (C=O) groups is 1. The SMILES string of the molecule is Cc1cn2c(/C=C(\C#N)C(=O)c3ccccc3)c(C)nc2s1. The number of thiazole rings is 1. The summed E-state index contributed by atoms with van der Waals surface area (Å²) < 4.78 is 1.92. The number of imidazole rings is 1. The number of nitriles is 1. The number of nitrogens with zero attached hydrogens (tertiary/aromatic N) is 3. The van der Waals surface area contributed by atoms with Gasteiger partial charge in [0.05, 0.1) is 11.4 Å². The first-order valence-electron chi connectivity index (χ1n) is 6.77. The van der Waals surface area contributed by atoms with E-state index < -0.39 is 0 Å². The number of carbonyl (C=O) groups excluding carboxylic acids is 1. The molecule has 2 heterocycles. The third-order valence-electron chi connectivity index (χ3n) is 3.34. The van der Waals surface area contributed by atoms with Crippen LogP contribution in [0.2, 0.25) is 0 Å². The Morgan fingerprint density at radius 3 is 2.73 bits per heavy atom. The number of benzene rings is 1. The molecule has 1 aromatic carbocycles. The van der Waals surface area contributed by atoms with Gasteiger partial charge in [-0.15, -0.1) is 11.3 Å². The van der Waals surface area contributed by atoms with Crippen LogP contribution >= 0.6 is 11.3 Å². The molecular formula is C17H13N3OS. The number of rotatable bonds is 3. The fourth-order valence-electron chi connectivity index (χ4n) is 2.29. The zero-order valence-corrected chi connectivity index (χ0v) is 13.0. The van der Waals surface area contributed by atoms with Crippen molar-refractivity contribution in [3.8, 4) is 6.07 Å². The van der Waals surface area contributed by atoms with Crippen LogP contribution in [0.1, 0.15) is 26.6 Å². The second-order valence-electron chi connectivity index (χ2n) is 4.94. The molecule has 0 atom stereocenters. The third-order valence-corrected chi connectivity index (χ3v) is 4.24. The monoisotopic (exact) mass is 307 g/mol. The summed E-state index contributed by atoms with van der Waals surface area (Å²) in [5, 5.41) is 9.36. The lowest BCUT2D eigenvalue weighted by atomic mass is 10.0. The summed E-state index contributed by atoms with van der Waals surface area (Å²) in [5.74, 6) is -0.274. The van der Waals surface area contributed by atoms with Crippen molar-refractivity contribution in [2.45, 2.75) is 13.8 Å². The second-order valence-corrected chi connectivity index (χ2v) is 6.16. The lowest BCUT2D eigenvalue weighted by Gasteiger charge is -2.00. The van der Waals surface area contributed by atoms with Gasteiger partial charge in [0.1, 0.15) is 11.6 Å². The molecule has 0 saturated carbocycles. The maximum Gasteiger partial charge on any atom is 0.203 e. The van der Waals surface area contributed by atoms with Gasteiger partial charge in [-0.05, 0) is 19.9 Å². The Kier molecular flexibility index (Phi) is 3.61. The Morgan fingerprint density at radius 1 is 1.32 bits per heavy atom. The molecule has 3 rings (SSSR count). The number of Topliss-reactive ketones (excluding diaryl/α,β-unsaturated/α-hetero) is 1. The van der Waals surface area contributed by atoms with Crippen LogP contribution in [0.15, 0.2) is 42.1 Å². The van der Waals surface area contributed by atoms with E-state index in [0.717, 1.165) is 21.2 Å². The topological polar surface area (TPSA) is 58.2 Å². The zero-order chi connectivity index (χ0) is 15.7. The van der Waals surface area contributed by atoms with Crippen molar-refractivity contribution in [1.82, 2.24) is 9.38 Å². The number of allylic oxidation sites excluding steroid dienone is 1. The van der Waals surface area contributed by atoms with E-state index in [-0.39, 0.29) is 11.4 Å². The molecule has 0 bridgehead atoms. The van der Waals surface area contributed by atoms with Crippen LogP contribution in [0.4, 0.5) is 0 Å². The van der Waals surface area contributed by atoms with E-state index in [9.17, 15) is 10.1 Å². The standard InChI is InChI=1S/C17H13N3OS/c1-11-10-20-15(12(2)19-17(20)22-11)8-14(9-18)16(21)13-6-4-3-5-7-13/h3-8,10H,1-2H3/b14-8+. The van der Waals surface area contributed by atoms with Crippen molar-refractivity contribution in [2.24, 2.45) is 0 Å². The summed E-state index contributed by atoms with van der Waals surface area (Å²) in [7, 11) is 0. The molecule has 0 aliphatic carbocycles. The number of hydrogen-bond donors (Lipinski definition) is 0. The summed E-state index contributed by atoms with van der Waals surface area (Å²) in [5.41, 5.74) is 2.20. The van der Waals surface area contributed by atoms with Crippen LogP contribution < -0.4 is 0 Å². The van der Waals surface area contributed by atoms with E-state index in [1.54, 1.807) is 41.7 Å². The predicted molar refractivity (Wildman–Crippen MR) is 86.9 cm³/mol. The third kappa shape index (κ3) is 2.45. The molecule has 108 valence electrons. The molecule has 0 fully saturated rings. The predicted octanol–water partition coefficient (Wildman–Crippen LogP) is 3.80. The fraction of sp³-hybridized carbons (Fsp3) is 0.118. The summed E-state index contributed by atoms with van der Waals surface area (Å²) in [6.07, 6.45) is 3.59. The highest BCUT2D eigenvalue weighted by Crippen LogP contribution is 2.23. The van der Waals surface area contributed by atoms with Gasteiger partial charge in [0.15, 0.2) is 4.96 Å². The minimum absolute atomic E-state index is 0.111. The molecule has 2 aromatic heterocycles. The molecule has 0 aliphatic rings. The molecule has 0 N–H and O–H groups in total. The Hall–Kier alpha value is -2.71. The van der Waals surface area contributed by atoms with Gasteiger partial charge in [-0.1, -0.05) is 30.3 Å². The number of aromatic nitrogens is 2. The fourth-order valence-corrected chi connectivity index (χ4v) is 3.16. The van der Waals surface area contributed by atoms with Crippen molar-refractivity contribution in [2.75, 3.05) is 0 Å². The maximum atomic E-state index is 12.4. The zero-order valence-electron chi connectivity index (χ0n) is 12.2. The van der Waals surface area contributed by atoms with Gasteiger partial charge in [-0.2, -0.15) is 5.26 Å². The number of fused-ring (bicyclic) bond motifs is 1. The van der Waals surface area contributed by atoms with E-state index in [1.807, 2.05) is 36.6 Å². The van der Waals surface area contributed by atoms with Crippen molar-refractivity contribution in [3.63, 3.8) is 0 Å². The lowest BCUT2D eigenvalue weighted by molar-refractivity contribution is 0.104. The Bertz CT molecular complexity index is 926. The van der Waals surface area contributed by atoms with Crippen LogP contribution in [0.25, 0.3) is 11.0 Å². The summed E-state index contributed by atoms with van der Waals surface area (Å²) >= 11 is 1.58. The molecule has 0 aliphatic heterocycles. The van der Waals surface area contributed by atoms with Gasteiger partial charge in [0.2, 0.25) is 5.78 Å². The quantitative estimate of drug-likeness (QED) is 0.420. The van der Waals surface area contributed by atoms with Crippen molar-refractivity contribution >= 4 is 28.2 Å². The van der Waals surface area contributed by atoms with Gasteiger partial charge in [0, 0.05) is 16.6 Å². The number of aryl methyl sites for hydroxylation is 2. The molecule has 0 spiro atoms. The Labute approximate surface area is 132 Å². The van der Waals surface area contributed by atoms with Crippen LogP contribution in [0.5, 0.6) is 0 Å². The molecule has 0 radical (unpaired) electrons. The highest BCUT2D eigenvalue weighted by atomic mass is 32.1. The van der Waals surface area contributed by atoms with E-state index in [4.69, 9.17) is 0 Å². The smallest absolute Gasteiger partial charge is 0.203 e. The Morgan fingerprint density at radius 2 is 2.05 bits per heavy atom. The van der Waals surface area contributed by atoms with E-state index in [1.165, 1.54) is 0 Å². The highest BCUT2D eigenvalue weighted by molar-refractivity contribution is 7.17. The van der Waals surface area contributed by atoms with Gasteiger partial charge < -0.3 is 0 Å². The first-order valence-corrected chi connectivity index (χ1v) is 7.58. The highest BCUT2D eigenvalue weighted by Gasteiger charge is 2.15. The van der Waals surface area contributed by atoms with E-state index in [2.05, 4.69) is 4.98 Å². The lowest BCUT2D eigenvalue weighted by Crippen LogP contribution is -2.02. The maximum absolute atomic E-state index is 12.4. The van der Waals surface area contributed by atoms with E-state index in [0.29, 0.717) is 5.56 Å². The van der Waals surface area contributed by atoms with Crippen molar-refractivity contribution < 1.29 is 4.79 Å². The summed E-state index contributed by atoms with van der Waals surface area (Å²) in [4.78, 5) is 18.9. The second kappa shape index (κ2) is 5.58. The molecule has 5 heteroatoms. The largest absolute Gasteiger partial charge is 0.290 e. The molecular weight excluding hydrogens is 294 g/mol. The van der Waals surface area contributed by atoms with Crippen molar-refractivity contribution in [3.05, 3.63) is 63.9 Å². The van der Waals surface area contributed by atoms with Crippen LogP contribution in [0.3, 0.4) is 0 Å². The Balaban J connectivity index is 2.09. The summed E-state index contributed by atoms with van der Waals surface area (Å²) in [6.45, 7) is 3.88. The molecule has 22 heavy (non-hydrogen) atoms. The average molecular weight is 307 g/mol. The number of hydrogen-bond acceptors (Lipinski definition) is 4. The molecule has 0 saturated heterocycles. The van der Waals surface area contributed by atoms with Gasteiger partial charge in [0.25, 0.3) is 0 Å². The van der Waals surface area contributed by atoms with Gasteiger partial charge in [-0.25, -0.2) is 4.98 Å². The van der Waals surface area contributed by atoms with Crippen molar-refractivity contribution in [1.29, 1.82) is 5.26 Å². The average Bonchev–Trinajstić information content (AvgIpc) is 3.01. The summed E-state index contributed by atoms with van der Waals surface area (Å²) in [6, 6.07) is 10.8. The molecule has 0 amide bonds. The first kappa shape index (κ1) is 14.2. The number of ketones is 1. The van der Waals surface area contributed by atoms with Gasteiger partial charge in [-0.3, -0.25) is 9.20 Å².